The monoisotopic (exact) mass is 1590 g/mol. The minimum atomic E-state index is 0.963. The minimum Gasteiger partial charge on any atom is -0.265 e. The lowest BCUT2D eigenvalue weighted by Gasteiger charge is -2.18. The molecule has 0 atom stereocenters. The summed E-state index contributed by atoms with van der Waals surface area (Å²) in [6.45, 7) is 0. The van der Waals surface area contributed by atoms with E-state index in [1.54, 1.807) is 0 Å². The maximum atomic E-state index is 4.92. The third kappa shape index (κ3) is 14.3. The van der Waals surface area contributed by atoms with Gasteiger partial charge in [-0.2, -0.15) is 15.3 Å². The van der Waals surface area contributed by atoms with Gasteiger partial charge in [0.2, 0.25) is 0 Å². The molecule has 0 fully saturated rings. The van der Waals surface area contributed by atoms with Crippen LogP contribution in [-0.4, -0.2) is 38.8 Å². The van der Waals surface area contributed by atoms with E-state index in [2.05, 4.69) is 423 Å². The van der Waals surface area contributed by atoms with Crippen molar-refractivity contribution in [3.63, 3.8) is 0 Å². The van der Waals surface area contributed by atoms with Crippen molar-refractivity contribution in [2.45, 2.75) is 0 Å². The molecule has 125 heavy (non-hydrogen) atoms. The Morgan fingerprint density at radius 2 is 0.368 bits per heavy atom. The first-order valence-corrected chi connectivity index (χ1v) is 42.3. The van der Waals surface area contributed by atoms with Crippen LogP contribution in [0.2, 0.25) is 0 Å². The predicted octanol–water partition coefficient (Wildman–Crippen LogP) is 30.4. The molecule has 8 aromatic heterocycles. The molecule has 0 saturated carbocycles. The first-order chi connectivity index (χ1) is 61.8. The smallest absolute Gasteiger partial charge is 0.0933 e. The normalized spacial score (nSPS) is 11.5. The summed E-state index contributed by atoms with van der Waals surface area (Å²) in [5.74, 6) is 0. The van der Waals surface area contributed by atoms with E-state index in [4.69, 9.17) is 15.3 Å². The SMILES string of the molecule is c1ccc2cc(-c3c4ccccc4c(-c4ccc(-c5cc6cc7ccccc7cn6n5)cc4)c4ccccc34)ccc2c1.c1ccc2cc(-c3cc(-c4ccc(-c5cc6cc7ccccc7cn6n5)cc4)cc(-c4ccc5ccccc5c4)c3)ccc2c1.c1ccc2cn3nc(-c4ccc(-c5cc(-c6ccncc6)cc(-c6ccncc6)c5)cc4)cc3cc2c1. The van der Waals surface area contributed by atoms with Crippen molar-refractivity contribution >= 4 is 103 Å². The standard InChI is InChI=1S/C43H28N2.C41H26N2.C33H22N4/c1-3-9-33-21-36(19-15-29(33)7-1)40-23-39(24-41(25-40)37-20-16-30-8-2-4-10-34(30)22-37)31-13-17-32(18-14-31)43-27-42-26-35-11-5-6-12-38(35)28-45(42)44-43;1-2-10-30-23-32(22-17-27(30)9-1)41-37-15-7-5-13-35(37)40(36-14-6-8-16-38(36)41)29-20-18-28(19-21-29)39-25-34-24-31-11-3-4-12-33(31)26-43(34)42-39;1-2-4-28-22-37-32(20-27(28)3-1)21-33(36-37)26-7-5-23(6-8-26)29-17-30(24-9-13-34-14-10-24)19-31(18-29)25-11-15-35-16-12-25/h1-28H;1-26H;1-22H. The molecular weight excluding hydrogens is 1520 g/mol. The summed E-state index contributed by atoms with van der Waals surface area (Å²) in [5.41, 5.74) is 28.6. The van der Waals surface area contributed by atoms with Gasteiger partial charge in [-0.3, -0.25) is 9.97 Å². The highest BCUT2D eigenvalue weighted by Crippen LogP contribution is 2.46. The topological polar surface area (TPSA) is 77.7 Å². The van der Waals surface area contributed by atoms with Gasteiger partial charge in [-0.25, -0.2) is 13.5 Å². The van der Waals surface area contributed by atoms with Gasteiger partial charge in [-0.15, -0.1) is 0 Å². The third-order valence-corrected chi connectivity index (χ3v) is 24.5. The fourth-order valence-corrected chi connectivity index (χ4v) is 18.1. The van der Waals surface area contributed by atoms with Crippen LogP contribution in [0.1, 0.15) is 0 Å². The van der Waals surface area contributed by atoms with Crippen molar-refractivity contribution in [1.82, 2.24) is 38.8 Å². The second-order valence-electron chi connectivity index (χ2n) is 32.2. The van der Waals surface area contributed by atoms with E-state index in [1.165, 1.54) is 142 Å². The molecule has 0 amide bonds. The second-order valence-corrected chi connectivity index (χ2v) is 32.2. The lowest BCUT2D eigenvalue weighted by Crippen LogP contribution is -1.91. The molecule has 0 aliphatic carbocycles. The molecule has 584 valence electrons. The number of hydrogen-bond donors (Lipinski definition) is 0. The van der Waals surface area contributed by atoms with Crippen molar-refractivity contribution in [1.29, 1.82) is 0 Å². The molecule has 0 bridgehead atoms. The largest absolute Gasteiger partial charge is 0.265 e. The van der Waals surface area contributed by atoms with Gasteiger partial charge >= 0.3 is 0 Å². The van der Waals surface area contributed by atoms with Gasteiger partial charge in [0.25, 0.3) is 0 Å². The highest BCUT2D eigenvalue weighted by molar-refractivity contribution is 6.22. The van der Waals surface area contributed by atoms with Crippen LogP contribution < -0.4 is 0 Å². The zero-order valence-electron chi connectivity index (χ0n) is 68.0. The van der Waals surface area contributed by atoms with Gasteiger partial charge in [0, 0.05) is 76.2 Å². The molecule has 0 N–H and O–H groups in total. The van der Waals surface area contributed by atoms with Crippen molar-refractivity contribution < 1.29 is 0 Å². The molecule has 8 heterocycles. The Bertz CT molecular complexity index is 8090. The molecule has 0 aliphatic rings. The van der Waals surface area contributed by atoms with Crippen molar-refractivity contribution in [3.05, 3.63) is 462 Å². The third-order valence-electron chi connectivity index (χ3n) is 24.5. The molecule has 8 nitrogen and oxygen atoms in total. The van der Waals surface area contributed by atoms with Gasteiger partial charge in [0.15, 0.2) is 0 Å². The Labute approximate surface area is 721 Å². The summed E-state index contributed by atoms with van der Waals surface area (Å²) in [4.78, 5) is 8.37. The van der Waals surface area contributed by atoms with Crippen LogP contribution in [0.15, 0.2) is 462 Å². The summed E-state index contributed by atoms with van der Waals surface area (Å²) in [7, 11) is 0. The minimum absolute atomic E-state index is 0.963. The van der Waals surface area contributed by atoms with Crippen molar-refractivity contribution in [2.24, 2.45) is 0 Å². The summed E-state index contributed by atoms with van der Waals surface area (Å²) in [6, 6.07) is 150. The van der Waals surface area contributed by atoms with Crippen LogP contribution in [0.25, 0.3) is 226 Å². The molecule has 8 heteroatoms. The Morgan fingerprint density at radius 3 is 0.688 bits per heavy atom. The van der Waals surface area contributed by atoms with Gasteiger partial charge in [0.1, 0.15) is 0 Å². The number of benzene rings is 17. The molecule has 17 aromatic carbocycles. The quantitative estimate of drug-likeness (QED) is 0.121. The molecule has 0 unspecified atom stereocenters. The predicted molar refractivity (Wildman–Crippen MR) is 521 cm³/mol. The maximum absolute atomic E-state index is 4.92. The number of hydrogen-bond acceptors (Lipinski definition) is 5. The summed E-state index contributed by atoms with van der Waals surface area (Å²) in [6.07, 6.45) is 13.6. The Balaban J connectivity index is 0.000000109. The van der Waals surface area contributed by atoms with Crippen LogP contribution in [0, 0.1) is 0 Å². The van der Waals surface area contributed by atoms with Gasteiger partial charge in [-0.05, 0) is 274 Å². The summed E-state index contributed by atoms with van der Waals surface area (Å²) in [5, 5.41) is 34.5. The van der Waals surface area contributed by atoms with Crippen LogP contribution >= 0.6 is 0 Å². The lowest BCUT2D eigenvalue weighted by molar-refractivity contribution is 0.974. The number of aromatic nitrogens is 8. The van der Waals surface area contributed by atoms with E-state index in [0.29, 0.717) is 0 Å². The Kier molecular flexibility index (Phi) is 18.4. The zero-order valence-corrected chi connectivity index (χ0v) is 68.0. The van der Waals surface area contributed by atoms with E-state index in [0.717, 1.165) is 83.7 Å². The van der Waals surface area contributed by atoms with E-state index in [9.17, 15) is 0 Å². The lowest BCUT2D eigenvalue weighted by atomic mass is 9.85. The number of rotatable bonds is 11. The van der Waals surface area contributed by atoms with Crippen LogP contribution in [0.5, 0.6) is 0 Å². The molecule has 25 aromatic rings. The highest BCUT2D eigenvalue weighted by Gasteiger charge is 2.20. The molecule has 0 spiro atoms. The van der Waals surface area contributed by atoms with Crippen molar-refractivity contribution in [3.8, 4) is 123 Å². The average Bonchev–Trinajstić information content (AvgIpc) is 1.25. The second kappa shape index (κ2) is 31.4. The Morgan fingerprint density at radius 1 is 0.144 bits per heavy atom. The summed E-state index contributed by atoms with van der Waals surface area (Å²) < 4.78 is 5.93. The molecular formula is C117H76N8. The average molecular weight is 1590 g/mol. The number of nitrogens with zero attached hydrogens (tertiary/aromatic N) is 8. The van der Waals surface area contributed by atoms with Gasteiger partial charge in [-0.1, -0.05) is 303 Å². The van der Waals surface area contributed by atoms with Crippen molar-refractivity contribution in [2.75, 3.05) is 0 Å². The zero-order chi connectivity index (χ0) is 82.7. The fourth-order valence-electron chi connectivity index (χ4n) is 18.1. The van der Waals surface area contributed by atoms with E-state index in [1.807, 2.05) is 62.6 Å². The molecule has 0 saturated heterocycles. The first-order valence-electron chi connectivity index (χ1n) is 42.3. The molecule has 0 aliphatic heterocycles. The van der Waals surface area contributed by atoms with E-state index in [-0.39, 0.29) is 0 Å². The van der Waals surface area contributed by atoms with Crippen LogP contribution in [0.4, 0.5) is 0 Å². The van der Waals surface area contributed by atoms with E-state index >= 15 is 0 Å². The summed E-state index contributed by atoms with van der Waals surface area (Å²) >= 11 is 0. The van der Waals surface area contributed by atoms with Gasteiger partial charge < -0.3 is 0 Å². The number of fused-ring (bicyclic) bond motifs is 11. The number of pyridine rings is 5. The maximum Gasteiger partial charge on any atom is 0.0933 e. The van der Waals surface area contributed by atoms with Crippen LogP contribution in [0.3, 0.4) is 0 Å². The van der Waals surface area contributed by atoms with E-state index < -0.39 is 0 Å². The first kappa shape index (κ1) is 73.3. The van der Waals surface area contributed by atoms with Gasteiger partial charge in [0.05, 0.1) is 33.6 Å². The molecule has 0 radical (unpaired) electrons. The highest BCUT2D eigenvalue weighted by atomic mass is 15.2. The Hall–Kier alpha value is -16.8. The van der Waals surface area contributed by atoms with Crippen LogP contribution in [-0.2, 0) is 0 Å². The fraction of sp³-hybridized carbons (Fsp3) is 0. The molecule has 25 rings (SSSR count).